The van der Waals surface area contributed by atoms with E-state index in [2.05, 4.69) is 0 Å². The highest BCUT2D eigenvalue weighted by atomic mass is 32.3. The highest BCUT2D eigenvalue weighted by molar-refractivity contribution is 7.99. The summed E-state index contributed by atoms with van der Waals surface area (Å²) in [5, 5.41) is 0. The molecule has 0 fully saturated rings. The zero-order valence-electron chi connectivity index (χ0n) is 11.4. The largest absolute Gasteiger partial charge is 0.325 e. The lowest BCUT2D eigenvalue weighted by atomic mass is 10.3. The van der Waals surface area contributed by atoms with Gasteiger partial charge in [-0.05, 0) is 40.6 Å². The summed E-state index contributed by atoms with van der Waals surface area (Å²) in [4.78, 5) is 1.33. The minimum absolute atomic E-state index is 0.593. The second kappa shape index (κ2) is 5.94. The third-order valence-electron chi connectivity index (χ3n) is 3.06. The summed E-state index contributed by atoms with van der Waals surface area (Å²) in [5.74, 6) is 0.593. The van der Waals surface area contributed by atoms with Crippen LogP contribution in [0.3, 0.4) is 0 Å². The Labute approximate surface area is 125 Å². The average molecular weight is 295 g/mol. The molecule has 3 aromatic carbocycles. The van der Waals surface area contributed by atoms with E-state index in [1.54, 1.807) is 0 Å². The Bertz CT molecular complexity index is 696. The summed E-state index contributed by atoms with van der Waals surface area (Å²) in [7, 11) is -2.80. The molecule has 0 spiro atoms. The first kappa shape index (κ1) is 13.6. The minimum atomic E-state index is -2.80. The Morgan fingerprint density at radius 3 is 1.38 bits per heavy atom. The van der Waals surface area contributed by atoms with Crippen LogP contribution in [0.1, 0.15) is 0 Å². The number of para-hydroxylation sites is 1. The van der Waals surface area contributed by atoms with Crippen molar-refractivity contribution in [1.82, 2.24) is 0 Å². The SMILES string of the molecule is O=[S+](Oc1ccccc1)(c1ccccc1)c1ccccc1. The normalized spacial score (nSPS) is 11.0. The molecule has 0 amide bonds. The molecule has 0 heterocycles. The second-order valence-electron chi connectivity index (χ2n) is 4.53. The van der Waals surface area contributed by atoms with Crippen molar-refractivity contribution in [1.29, 1.82) is 0 Å². The fourth-order valence-corrected chi connectivity index (χ4v) is 3.92. The van der Waals surface area contributed by atoms with Crippen LogP contribution in [-0.4, -0.2) is 0 Å². The molecule has 0 N–H and O–H groups in total. The molecule has 0 saturated heterocycles. The van der Waals surface area contributed by atoms with Crippen molar-refractivity contribution in [3.05, 3.63) is 91.0 Å². The molecule has 0 aliphatic rings. The molecule has 0 atom stereocenters. The molecule has 3 aromatic rings. The van der Waals surface area contributed by atoms with Crippen LogP contribution >= 0.6 is 0 Å². The van der Waals surface area contributed by atoms with E-state index in [4.69, 9.17) is 4.18 Å². The highest BCUT2D eigenvalue weighted by Gasteiger charge is 2.38. The van der Waals surface area contributed by atoms with Crippen molar-refractivity contribution in [3.63, 3.8) is 0 Å². The highest BCUT2D eigenvalue weighted by Crippen LogP contribution is 2.31. The van der Waals surface area contributed by atoms with Crippen LogP contribution in [0.5, 0.6) is 5.75 Å². The molecule has 0 aromatic heterocycles. The molecule has 3 rings (SSSR count). The first-order chi connectivity index (χ1) is 10.3. The summed E-state index contributed by atoms with van der Waals surface area (Å²) in [6, 6.07) is 27.9. The molecule has 0 bridgehead atoms. The lowest BCUT2D eigenvalue weighted by Crippen LogP contribution is -2.19. The van der Waals surface area contributed by atoms with Crippen molar-refractivity contribution in [2.45, 2.75) is 9.79 Å². The smallest absolute Gasteiger partial charge is 0.275 e. The molecule has 21 heavy (non-hydrogen) atoms. The van der Waals surface area contributed by atoms with E-state index in [1.807, 2.05) is 91.0 Å². The van der Waals surface area contributed by atoms with Gasteiger partial charge in [-0.1, -0.05) is 54.6 Å². The van der Waals surface area contributed by atoms with E-state index in [-0.39, 0.29) is 0 Å². The van der Waals surface area contributed by atoms with Crippen molar-refractivity contribution in [2.75, 3.05) is 0 Å². The Balaban J connectivity index is 2.10. The van der Waals surface area contributed by atoms with Crippen LogP contribution in [0.25, 0.3) is 0 Å². The third-order valence-corrected chi connectivity index (χ3v) is 5.28. The molecule has 0 aliphatic carbocycles. The van der Waals surface area contributed by atoms with Crippen LogP contribution < -0.4 is 4.18 Å². The van der Waals surface area contributed by atoms with Gasteiger partial charge >= 0.3 is 10.2 Å². The Hall–Kier alpha value is -2.39. The lowest BCUT2D eigenvalue weighted by molar-refractivity contribution is 0.499. The van der Waals surface area contributed by atoms with Crippen LogP contribution in [-0.2, 0) is 14.4 Å². The van der Waals surface area contributed by atoms with Crippen LogP contribution in [0, 0.1) is 0 Å². The van der Waals surface area contributed by atoms with Crippen molar-refractivity contribution < 1.29 is 8.39 Å². The number of rotatable bonds is 4. The fourth-order valence-electron chi connectivity index (χ4n) is 2.04. The third kappa shape index (κ3) is 2.88. The molecule has 0 saturated carbocycles. The summed E-state index contributed by atoms with van der Waals surface area (Å²) >= 11 is 0. The van der Waals surface area contributed by atoms with E-state index >= 15 is 0 Å². The van der Waals surface area contributed by atoms with Gasteiger partial charge in [0.1, 0.15) is 0 Å². The molecule has 0 aliphatic heterocycles. The zero-order valence-corrected chi connectivity index (χ0v) is 12.2. The Morgan fingerprint density at radius 1 is 0.571 bits per heavy atom. The summed E-state index contributed by atoms with van der Waals surface area (Å²) < 4.78 is 19.4. The van der Waals surface area contributed by atoms with Gasteiger partial charge in [-0.2, -0.15) is 0 Å². The Morgan fingerprint density at radius 2 is 0.952 bits per heavy atom. The van der Waals surface area contributed by atoms with Crippen LogP contribution in [0.15, 0.2) is 101 Å². The Kier molecular flexibility index (Phi) is 3.84. The summed E-state index contributed by atoms with van der Waals surface area (Å²) in [6.45, 7) is 0. The second-order valence-corrected chi connectivity index (χ2v) is 6.64. The number of benzene rings is 3. The van der Waals surface area contributed by atoms with Gasteiger partial charge in [0.25, 0.3) is 0 Å². The monoisotopic (exact) mass is 295 g/mol. The number of hydrogen-bond donors (Lipinski definition) is 0. The van der Waals surface area contributed by atoms with E-state index in [9.17, 15) is 4.21 Å². The van der Waals surface area contributed by atoms with Gasteiger partial charge in [0.2, 0.25) is 9.79 Å². The molecule has 3 heteroatoms. The van der Waals surface area contributed by atoms with Gasteiger partial charge in [-0.3, -0.25) is 4.18 Å². The molecule has 2 nitrogen and oxygen atoms in total. The average Bonchev–Trinajstić information content (AvgIpc) is 2.57. The van der Waals surface area contributed by atoms with Crippen molar-refractivity contribution in [3.8, 4) is 5.75 Å². The predicted molar refractivity (Wildman–Crippen MR) is 84.5 cm³/mol. The maximum Gasteiger partial charge on any atom is 0.325 e. The van der Waals surface area contributed by atoms with Gasteiger partial charge in [0.05, 0.1) is 0 Å². The van der Waals surface area contributed by atoms with Crippen molar-refractivity contribution in [2.24, 2.45) is 0 Å². The quantitative estimate of drug-likeness (QED) is 0.658. The zero-order chi connectivity index (χ0) is 14.5. The molecule has 0 unspecified atom stereocenters. The van der Waals surface area contributed by atoms with Crippen LogP contribution in [0.2, 0.25) is 0 Å². The summed E-state index contributed by atoms with van der Waals surface area (Å²) in [5.41, 5.74) is 0. The minimum Gasteiger partial charge on any atom is -0.275 e. The first-order valence-electron chi connectivity index (χ1n) is 6.68. The molecular formula is C18H15O2S+. The van der Waals surface area contributed by atoms with E-state index in [1.165, 1.54) is 0 Å². The van der Waals surface area contributed by atoms with Crippen molar-refractivity contribution >= 4 is 10.2 Å². The lowest BCUT2D eigenvalue weighted by Gasteiger charge is -2.11. The topological polar surface area (TPSA) is 26.3 Å². The maximum atomic E-state index is 13.5. The van der Waals surface area contributed by atoms with Gasteiger partial charge < -0.3 is 0 Å². The van der Waals surface area contributed by atoms with Gasteiger partial charge in [0, 0.05) is 0 Å². The first-order valence-corrected chi connectivity index (χ1v) is 8.16. The summed E-state index contributed by atoms with van der Waals surface area (Å²) in [6.07, 6.45) is 0. The number of hydrogen-bond acceptors (Lipinski definition) is 2. The molecule has 0 radical (unpaired) electrons. The van der Waals surface area contributed by atoms with E-state index < -0.39 is 10.2 Å². The van der Waals surface area contributed by atoms with Gasteiger partial charge in [-0.15, -0.1) is 0 Å². The fraction of sp³-hybridized carbons (Fsp3) is 0. The van der Waals surface area contributed by atoms with Crippen LogP contribution in [0.4, 0.5) is 0 Å². The maximum absolute atomic E-state index is 13.5. The standard InChI is InChI=1S/C18H15O2S/c19-21(17-12-6-2-7-13-17,18-14-8-3-9-15-18)20-16-10-4-1-5-11-16/h1-15H/q+1. The molecule has 104 valence electrons. The predicted octanol–water partition coefficient (Wildman–Crippen LogP) is 4.60. The molecular weight excluding hydrogens is 280 g/mol. The van der Waals surface area contributed by atoms with E-state index in [0.29, 0.717) is 15.5 Å². The van der Waals surface area contributed by atoms with Gasteiger partial charge in [0.15, 0.2) is 5.75 Å². The van der Waals surface area contributed by atoms with E-state index in [0.717, 1.165) is 0 Å². The van der Waals surface area contributed by atoms with Gasteiger partial charge in [-0.25, -0.2) is 0 Å².